The molecular formula is C12H13BrClNO3. The van der Waals surface area contributed by atoms with Crippen LogP contribution in [0.3, 0.4) is 0 Å². The quantitative estimate of drug-likeness (QED) is 0.679. The van der Waals surface area contributed by atoms with Crippen molar-refractivity contribution in [1.82, 2.24) is 5.32 Å². The van der Waals surface area contributed by atoms with Gasteiger partial charge in [0.25, 0.3) is 5.91 Å². The highest BCUT2D eigenvalue weighted by atomic mass is 79.9. The zero-order valence-corrected chi connectivity index (χ0v) is 12.3. The summed E-state index contributed by atoms with van der Waals surface area (Å²) in [6, 6.07) is 5.25. The third-order valence-electron chi connectivity index (χ3n) is 2.33. The van der Waals surface area contributed by atoms with Crippen LogP contribution in [0.1, 0.15) is 15.9 Å². The second kappa shape index (κ2) is 6.75. The summed E-state index contributed by atoms with van der Waals surface area (Å²) in [7, 11) is 1.25. The average Bonchev–Trinajstić information content (AvgIpc) is 2.37. The van der Waals surface area contributed by atoms with Crippen molar-refractivity contribution in [2.24, 2.45) is 0 Å². The summed E-state index contributed by atoms with van der Waals surface area (Å²) in [5.41, 5.74) is 1.54. The van der Waals surface area contributed by atoms with Gasteiger partial charge in [0, 0.05) is 16.6 Å². The SMILES string of the molecule is COC(=O)C(Cl)CNC(=O)c1ccc(C)c(Br)c1. The molecule has 1 amide bonds. The molecule has 0 spiro atoms. The zero-order chi connectivity index (χ0) is 13.7. The number of methoxy groups -OCH3 is 1. The molecule has 0 bridgehead atoms. The molecule has 4 nitrogen and oxygen atoms in total. The first-order valence-electron chi connectivity index (χ1n) is 5.22. The fourth-order valence-corrected chi connectivity index (χ4v) is 1.77. The highest BCUT2D eigenvalue weighted by molar-refractivity contribution is 9.10. The summed E-state index contributed by atoms with van der Waals surface area (Å²) in [6.45, 7) is 1.95. The Kier molecular flexibility index (Phi) is 5.62. The molecule has 0 heterocycles. The highest BCUT2D eigenvalue weighted by Gasteiger charge is 2.17. The molecule has 0 aliphatic heterocycles. The van der Waals surface area contributed by atoms with Crippen LogP contribution in [-0.2, 0) is 9.53 Å². The molecule has 1 aromatic rings. The normalized spacial score (nSPS) is 11.8. The zero-order valence-electron chi connectivity index (χ0n) is 10.00. The van der Waals surface area contributed by atoms with Crippen molar-refractivity contribution in [2.75, 3.05) is 13.7 Å². The maximum atomic E-state index is 11.8. The minimum atomic E-state index is -0.882. The molecule has 1 atom stereocenters. The van der Waals surface area contributed by atoms with Gasteiger partial charge in [-0.25, -0.2) is 0 Å². The van der Waals surface area contributed by atoms with Gasteiger partial charge in [-0.05, 0) is 24.6 Å². The van der Waals surface area contributed by atoms with E-state index in [2.05, 4.69) is 26.0 Å². The Bertz CT molecular complexity index is 465. The number of ether oxygens (including phenoxy) is 1. The lowest BCUT2D eigenvalue weighted by molar-refractivity contribution is -0.140. The second-order valence-electron chi connectivity index (χ2n) is 3.66. The van der Waals surface area contributed by atoms with Gasteiger partial charge in [0.15, 0.2) is 0 Å². The van der Waals surface area contributed by atoms with E-state index in [1.165, 1.54) is 7.11 Å². The van der Waals surface area contributed by atoms with Gasteiger partial charge in [0.05, 0.1) is 7.11 Å². The Balaban J connectivity index is 2.60. The summed E-state index contributed by atoms with van der Waals surface area (Å²) in [5.74, 6) is -0.854. The molecule has 1 unspecified atom stereocenters. The molecule has 98 valence electrons. The van der Waals surface area contributed by atoms with E-state index in [4.69, 9.17) is 11.6 Å². The number of rotatable bonds is 4. The minimum absolute atomic E-state index is 0.0263. The number of aryl methyl sites for hydroxylation is 1. The van der Waals surface area contributed by atoms with Crippen molar-refractivity contribution in [1.29, 1.82) is 0 Å². The summed E-state index contributed by atoms with van der Waals surface area (Å²) >= 11 is 9.07. The smallest absolute Gasteiger partial charge is 0.325 e. The van der Waals surface area contributed by atoms with E-state index in [0.717, 1.165) is 10.0 Å². The van der Waals surface area contributed by atoms with Gasteiger partial charge in [-0.3, -0.25) is 9.59 Å². The lowest BCUT2D eigenvalue weighted by Gasteiger charge is -2.09. The lowest BCUT2D eigenvalue weighted by Crippen LogP contribution is -2.34. The van der Waals surface area contributed by atoms with E-state index < -0.39 is 11.3 Å². The first-order chi connectivity index (χ1) is 8.45. The number of amides is 1. The predicted molar refractivity (Wildman–Crippen MR) is 72.9 cm³/mol. The molecule has 18 heavy (non-hydrogen) atoms. The maximum absolute atomic E-state index is 11.8. The number of benzene rings is 1. The van der Waals surface area contributed by atoms with Gasteiger partial charge < -0.3 is 10.1 Å². The van der Waals surface area contributed by atoms with Gasteiger partial charge in [0.2, 0.25) is 0 Å². The van der Waals surface area contributed by atoms with Crippen LogP contribution in [0.4, 0.5) is 0 Å². The Morgan fingerprint density at radius 3 is 2.72 bits per heavy atom. The minimum Gasteiger partial charge on any atom is -0.468 e. The molecule has 0 saturated heterocycles. The number of hydrogen-bond acceptors (Lipinski definition) is 3. The van der Waals surface area contributed by atoms with Crippen molar-refractivity contribution in [3.63, 3.8) is 0 Å². The molecule has 0 radical (unpaired) electrons. The van der Waals surface area contributed by atoms with E-state index in [9.17, 15) is 9.59 Å². The van der Waals surface area contributed by atoms with Crippen LogP contribution in [0.5, 0.6) is 0 Å². The van der Waals surface area contributed by atoms with Crippen LogP contribution in [0.2, 0.25) is 0 Å². The first-order valence-corrected chi connectivity index (χ1v) is 6.45. The van der Waals surface area contributed by atoms with Gasteiger partial charge in [-0.1, -0.05) is 22.0 Å². The van der Waals surface area contributed by atoms with E-state index in [1.54, 1.807) is 12.1 Å². The fourth-order valence-electron chi connectivity index (χ4n) is 1.23. The molecule has 0 aliphatic carbocycles. The largest absolute Gasteiger partial charge is 0.468 e. The monoisotopic (exact) mass is 333 g/mol. The fraction of sp³-hybridized carbons (Fsp3) is 0.333. The van der Waals surface area contributed by atoms with Crippen LogP contribution in [-0.4, -0.2) is 30.9 Å². The van der Waals surface area contributed by atoms with E-state index in [-0.39, 0.29) is 12.5 Å². The molecule has 0 fully saturated rings. The van der Waals surface area contributed by atoms with Crippen LogP contribution in [0.15, 0.2) is 22.7 Å². The van der Waals surface area contributed by atoms with Crippen molar-refractivity contribution in [3.8, 4) is 0 Å². The number of carbonyl (C=O) groups is 2. The van der Waals surface area contributed by atoms with Crippen molar-refractivity contribution in [3.05, 3.63) is 33.8 Å². The number of esters is 1. The number of halogens is 2. The van der Waals surface area contributed by atoms with Crippen molar-refractivity contribution < 1.29 is 14.3 Å². The molecular weight excluding hydrogens is 321 g/mol. The summed E-state index contributed by atoms with van der Waals surface area (Å²) in [4.78, 5) is 22.8. The molecule has 0 saturated carbocycles. The molecule has 0 aliphatic rings. The van der Waals surface area contributed by atoms with Crippen LogP contribution in [0.25, 0.3) is 0 Å². The van der Waals surface area contributed by atoms with E-state index in [0.29, 0.717) is 5.56 Å². The van der Waals surface area contributed by atoms with Crippen LogP contribution >= 0.6 is 27.5 Å². The van der Waals surface area contributed by atoms with Gasteiger partial charge >= 0.3 is 5.97 Å². The molecule has 1 rings (SSSR count). The Hall–Kier alpha value is -1.07. The third-order valence-corrected chi connectivity index (χ3v) is 3.52. The summed E-state index contributed by atoms with van der Waals surface area (Å²) < 4.78 is 5.31. The van der Waals surface area contributed by atoms with E-state index >= 15 is 0 Å². The van der Waals surface area contributed by atoms with Gasteiger partial charge in [-0.2, -0.15) is 0 Å². The Morgan fingerprint density at radius 1 is 1.50 bits per heavy atom. The third kappa shape index (κ3) is 3.99. The number of carbonyl (C=O) groups excluding carboxylic acids is 2. The van der Waals surface area contributed by atoms with Crippen LogP contribution in [0, 0.1) is 6.92 Å². The number of alkyl halides is 1. The average molecular weight is 335 g/mol. The summed E-state index contributed by atoms with van der Waals surface area (Å²) in [5, 5.41) is 1.69. The van der Waals surface area contributed by atoms with Crippen LogP contribution < -0.4 is 5.32 Å². The standard InChI is InChI=1S/C12H13BrClNO3/c1-7-3-4-8(5-9(7)13)11(16)15-6-10(14)12(17)18-2/h3-5,10H,6H2,1-2H3,(H,15,16). The van der Waals surface area contributed by atoms with Crippen molar-refractivity contribution in [2.45, 2.75) is 12.3 Å². The van der Waals surface area contributed by atoms with Gasteiger partial charge in [0.1, 0.15) is 5.38 Å². The Morgan fingerprint density at radius 2 is 2.17 bits per heavy atom. The lowest BCUT2D eigenvalue weighted by atomic mass is 10.1. The van der Waals surface area contributed by atoms with E-state index in [1.807, 2.05) is 13.0 Å². The number of hydrogen-bond donors (Lipinski definition) is 1. The maximum Gasteiger partial charge on any atom is 0.325 e. The van der Waals surface area contributed by atoms with Gasteiger partial charge in [-0.15, -0.1) is 11.6 Å². The molecule has 0 aromatic heterocycles. The predicted octanol–water partition coefficient (Wildman–Crippen LogP) is 2.27. The summed E-state index contributed by atoms with van der Waals surface area (Å²) in [6.07, 6.45) is 0. The molecule has 1 N–H and O–H groups in total. The first kappa shape index (κ1) is 15.0. The second-order valence-corrected chi connectivity index (χ2v) is 5.05. The molecule has 6 heteroatoms. The molecule has 1 aromatic carbocycles. The topological polar surface area (TPSA) is 55.4 Å². The van der Waals surface area contributed by atoms with Crippen molar-refractivity contribution >= 4 is 39.4 Å². The Labute approximate surface area is 119 Å². The number of nitrogens with one attached hydrogen (secondary N) is 1. The highest BCUT2D eigenvalue weighted by Crippen LogP contribution is 2.17.